The second-order valence-electron chi connectivity index (χ2n) is 22.5. The molecule has 458 valence electrons. The van der Waals surface area contributed by atoms with Crippen LogP contribution in [0.5, 0.6) is 0 Å². The summed E-state index contributed by atoms with van der Waals surface area (Å²) in [5, 5.41) is 57.0. The molecule has 1 aliphatic heterocycles. The zero-order valence-electron chi connectivity index (χ0n) is 50.7. The maximum absolute atomic E-state index is 13.4. The lowest BCUT2D eigenvalue weighted by Gasteiger charge is -2.41. The summed E-state index contributed by atoms with van der Waals surface area (Å²) in [4.78, 5) is 26.6. The molecule has 1 rings (SSSR count). The molecule has 0 radical (unpaired) electrons. The first-order valence-corrected chi connectivity index (χ1v) is 32.7. The average Bonchev–Trinajstić information content (AvgIpc) is 3.49. The molecule has 0 aromatic heterocycles. The normalized spacial score (nSPS) is 19.3. The highest BCUT2D eigenvalue weighted by atomic mass is 16.7. The van der Waals surface area contributed by atoms with E-state index < -0.39 is 67.4 Å². The smallest absolute Gasteiger partial charge is 0.306 e. The molecule has 8 unspecified atom stereocenters. The molecule has 8 atom stereocenters. The zero-order chi connectivity index (χ0) is 57.5. The van der Waals surface area contributed by atoms with Gasteiger partial charge >= 0.3 is 5.97 Å². The summed E-state index contributed by atoms with van der Waals surface area (Å²) in [5.41, 5.74) is 0. The molecule has 0 saturated carbocycles. The maximum atomic E-state index is 13.4. The Bertz CT molecular complexity index is 1560. The zero-order valence-corrected chi connectivity index (χ0v) is 50.7. The van der Waals surface area contributed by atoms with Crippen LogP contribution in [0.3, 0.4) is 0 Å². The summed E-state index contributed by atoms with van der Waals surface area (Å²) >= 11 is 0. The van der Waals surface area contributed by atoms with Gasteiger partial charge in [-0.15, -0.1) is 0 Å². The lowest BCUT2D eigenvalue weighted by Crippen LogP contribution is -2.61. The van der Waals surface area contributed by atoms with E-state index in [-0.39, 0.29) is 13.0 Å². The van der Waals surface area contributed by atoms with Gasteiger partial charge in [-0.2, -0.15) is 0 Å². The Hall–Kier alpha value is -2.90. The van der Waals surface area contributed by atoms with Gasteiger partial charge in [-0.1, -0.05) is 280 Å². The van der Waals surface area contributed by atoms with Crippen LogP contribution in [0.1, 0.15) is 284 Å². The van der Waals surface area contributed by atoms with Crippen molar-refractivity contribution in [3.05, 3.63) is 72.9 Å². The first kappa shape index (κ1) is 74.1. The number of aliphatic hydroxyl groups excluding tert-OH is 5. The molecule has 1 heterocycles. The summed E-state index contributed by atoms with van der Waals surface area (Å²) in [7, 11) is 0. The fraction of sp³-hybridized carbons (Fsp3) is 0.794. The third-order valence-corrected chi connectivity index (χ3v) is 15.1. The van der Waals surface area contributed by atoms with Crippen LogP contribution in [0.2, 0.25) is 0 Å². The molecule has 0 spiro atoms. The van der Waals surface area contributed by atoms with E-state index in [1.165, 1.54) is 135 Å². The highest BCUT2D eigenvalue weighted by Crippen LogP contribution is 2.26. The van der Waals surface area contributed by atoms with Gasteiger partial charge in [0, 0.05) is 6.42 Å². The number of aliphatic hydroxyl groups is 5. The Morgan fingerprint density at radius 1 is 0.506 bits per heavy atom. The van der Waals surface area contributed by atoms with Crippen molar-refractivity contribution < 1.29 is 49.3 Å². The molecular formula is C68H121NO10. The molecule has 6 N–H and O–H groups in total. The van der Waals surface area contributed by atoms with Crippen molar-refractivity contribution in [3.8, 4) is 0 Å². The first-order valence-electron chi connectivity index (χ1n) is 32.7. The molecule has 0 bridgehead atoms. The standard InChI is InChI=1S/C68H121NO10/c1-4-7-10-13-16-19-22-25-26-27-28-29-30-31-32-33-34-35-36-38-41-44-47-50-53-56-63(73)79-66-65(75)64(74)62(57-70)78-68(66)77-58-59(60(71)54-51-48-45-42-39-24-21-18-15-12-9-6-3)69-67(76)61(72)55-52-49-46-43-40-37-23-20-17-14-11-8-5-2/h7,10,16,19,25-26,28-29,31-32,51,54,59-62,64-66,68,70-72,74-75H,4-6,8-9,11-15,17-18,20-24,27,30,33-50,52-53,55-58H2,1-3H3,(H,69,76)/b10-7-,19-16-,26-25-,29-28-,32-31-,54-51+. The Balaban J connectivity index is 2.60. The van der Waals surface area contributed by atoms with Crippen LogP contribution in [0.25, 0.3) is 0 Å². The third kappa shape index (κ3) is 43.5. The molecule has 0 aliphatic carbocycles. The first-order chi connectivity index (χ1) is 38.7. The van der Waals surface area contributed by atoms with E-state index in [2.05, 4.69) is 86.8 Å². The maximum Gasteiger partial charge on any atom is 0.306 e. The fourth-order valence-electron chi connectivity index (χ4n) is 9.97. The van der Waals surface area contributed by atoms with Gasteiger partial charge in [0.2, 0.25) is 5.91 Å². The molecule has 1 amide bonds. The van der Waals surface area contributed by atoms with Crippen molar-refractivity contribution in [1.29, 1.82) is 0 Å². The number of allylic oxidation sites excluding steroid dienone is 11. The second-order valence-corrected chi connectivity index (χ2v) is 22.5. The summed E-state index contributed by atoms with van der Waals surface area (Å²) in [5.74, 6) is -1.20. The Kier molecular flexibility index (Phi) is 52.2. The van der Waals surface area contributed by atoms with E-state index >= 15 is 0 Å². The van der Waals surface area contributed by atoms with Gasteiger partial charge in [0.05, 0.1) is 25.4 Å². The molecule has 0 aromatic rings. The number of ether oxygens (including phenoxy) is 3. The lowest BCUT2D eigenvalue weighted by atomic mass is 9.99. The number of hydrogen-bond donors (Lipinski definition) is 6. The van der Waals surface area contributed by atoms with Crippen molar-refractivity contribution in [2.24, 2.45) is 0 Å². The monoisotopic (exact) mass is 1110 g/mol. The van der Waals surface area contributed by atoms with Gasteiger partial charge in [0.1, 0.15) is 24.4 Å². The number of amides is 1. The molecular weight excluding hydrogens is 991 g/mol. The quantitative estimate of drug-likeness (QED) is 0.0195. The van der Waals surface area contributed by atoms with Crippen LogP contribution in [0.4, 0.5) is 0 Å². The number of unbranched alkanes of at least 4 members (excludes halogenated alkanes) is 31. The van der Waals surface area contributed by atoms with Crippen molar-refractivity contribution in [3.63, 3.8) is 0 Å². The van der Waals surface area contributed by atoms with E-state index in [0.717, 1.165) is 103 Å². The van der Waals surface area contributed by atoms with Crippen molar-refractivity contribution >= 4 is 11.9 Å². The van der Waals surface area contributed by atoms with Crippen LogP contribution >= 0.6 is 0 Å². The van der Waals surface area contributed by atoms with Crippen molar-refractivity contribution in [2.75, 3.05) is 13.2 Å². The summed E-state index contributed by atoms with van der Waals surface area (Å²) < 4.78 is 17.6. The number of hydrogen-bond acceptors (Lipinski definition) is 10. The average molecular weight is 1110 g/mol. The molecule has 11 nitrogen and oxygen atoms in total. The molecule has 0 aromatic carbocycles. The Morgan fingerprint density at radius 2 is 0.911 bits per heavy atom. The van der Waals surface area contributed by atoms with Crippen LogP contribution < -0.4 is 5.32 Å². The molecule has 79 heavy (non-hydrogen) atoms. The second kappa shape index (κ2) is 55.6. The molecule has 1 aliphatic rings. The predicted molar refractivity (Wildman–Crippen MR) is 329 cm³/mol. The van der Waals surface area contributed by atoms with Gasteiger partial charge in [0.25, 0.3) is 0 Å². The fourth-order valence-corrected chi connectivity index (χ4v) is 9.97. The van der Waals surface area contributed by atoms with Gasteiger partial charge < -0.3 is 45.1 Å². The Morgan fingerprint density at radius 3 is 1.37 bits per heavy atom. The topological polar surface area (TPSA) is 175 Å². The van der Waals surface area contributed by atoms with E-state index in [4.69, 9.17) is 14.2 Å². The van der Waals surface area contributed by atoms with Crippen LogP contribution in [-0.4, -0.2) is 99.6 Å². The Labute approximate surface area is 483 Å². The van der Waals surface area contributed by atoms with Crippen molar-refractivity contribution in [1.82, 2.24) is 5.32 Å². The minimum atomic E-state index is -1.62. The minimum Gasteiger partial charge on any atom is -0.454 e. The molecule has 1 fully saturated rings. The van der Waals surface area contributed by atoms with Crippen LogP contribution in [0.15, 0.2) is 72.9 Å². The number of carbonyl (C=O) groups excluding carboxylic acids is 2. The van der Waals surface area contributed by atoms with Gasteiger partial charge in [-0.25, -0.2) is 0 Å². The number of esters is 1. The number of rotatable bonds is 55. The molecule has 11 heteroatoms. The van der Waals surface area contributed by atoms with Gasteiger partial charge in [-0.3, -0.25) is 9.59 Å². The summed E-state index contributed by atoms with van der Waals surface area (Å²) in [6.45, 7) is 5.68. The van der Waals surface area contributed by atoms with E-state index in [9.17, 15) is 35.1 Å². The lowest BCUT2D eigenvalue weighted by molar-refractivity contribution is -0.305. The van der Waals surface area contributed by atoms with Crippen LogP contribution in [-0.2, 0) is 23.8 Å². The summed E-state index contributed by atoms with van der Waals surface area (Å²) in [6.07, 6.45) is 60.8. The van der Waals surface area contributed by atoms with Gasteiger partial charge in [-0.05, 0) is 70.6 Å². The highest BCUT2D eigenvalue weighted by molar-refractivity contribution is 5.80. The number of nitrogens with one attached hydrogen (secondary N) is 1. The van der Waals surface area contributed by atoms with E-state index in [1.54, 1.807) is 6.08 Å². The van der Waals surface area contributed by atoms with Crippen molar-refractivity contribution in [2.45, 2.75) is 333 Å². The SMILES string of the molecule is CC/C=C\C/C=C\C/C=C\C/C=C\C/C=C\CCCCCCCCCCCC(=O)OC1C(OCC(NC(=O)C(O)CCCCCCCCCCCCCCC)C(O)/C=C/CCCCCCCCCCCC)OC(CO)C(O)C1O. The highest BCUT2D eigenvalue weighted by Gasteiger charge is 2.47. The minimum absolute atomic E-state index is 0.115. The predicted octanol–water partition coefficient (Wildman–Crippen LogP) is 16.0. The van der Waals surface area contributed by atoms with Crippen LogP contribution in [0, 0.1) is 0 Å². The van der Waals surface area contributed by atoms with Gasteiger partial charge in [0.15, 0.2) is 12.4 Å². The number of carbonyl (C=O) groups is 2. The van der Waals surface area contributed by atoms with E-state index in [0.29, 0.717) is 19.3 Å². The summed E-state index contributed by atoms with van der Waals surface area (Å²) in [6, 6.07) is -1.02. The third-order valence-electron chi connectivity index (χ3n) is 15.1. The molecule has 1 saturated heterocycles. The largest absolute Gasteiger partial charge is 0.454 e. The van der Waals surface area contributed by atoms with E-state index in [1.807, 2.05) is 6.08 Å².